The maximum atomic E-state index is 13.9. The van der Waals surface area contributed by atoms with Gasteiger partial charge in [0.05, 0.1) is 18.2 Å². The molecule has 0 spiro atoms. The van der Waals surface area contributed by atoms with Gasteiger partial charge in [-0.2, -0.15) is 0 Å². The highest BCUT2D eigenvalue weighted by molar-refractivity contribution is 7.10. The third-order valence-corrected chi connectivity index (χ3v) is 6.51. The Morgan fingerprint density at radius 1 is 1.19 bits per heavy atom. The van der Waals surface area contributed by atoms with Gasteiger partial charge in [0.25, 0.3) is 11.7 Å². The highest BCUT2D eigenvalue weighted by Crippen LogP contribution is 2.45. The third-order valence-electron chi connectivity index (χ3n) is 5.17. The predicted octanol–water partition coefficient (Wildman–Crippen LogP) is 5.48. The average molecular weight is 458 g/mol. The Kier molecular flexibility index (Phi) is 5.56. The van der Waals surface area contributed by atoms with Crippen LogP contribution >= 0.6 is 22.9 Å². The van der Waals surface area contributed by atoms with Crippen LogP contribution in [0.1, 0.15) is 22.0 Å². The van der Waals surface area contributed by atoms with Gasteiger partial charge >= 0.3 is 0 Å². The number of ketones is 1. The van der Waals surface area contributed by atoms with Gasteiger partial charge < -0.3 is 9.84 Å². The van der Waals surface area contributed by atoms with E-state index in [0.29, 0.717) is 21.2 Å². The summed E-state index contributed by atoms with van der Waals surface area (Å²) in [4.78, 5) is 28.2. The summed E-state index contributed by atoms with van der Waals surface area (Å²) in [5.41, 5.74) is 0.926. The number of nitrogens with zero attached hydrogens (tertiary/aromatic N) is 1. The van der Waals surface area contributed by atoms with Crippen molar-refractivity contribution in [2.45, 2.75) is 13.0 Å². The first kappa shape index (κ1) is 21.1. The van der Waals surface area contributed by atoms with E-state index in [1.54, 1.807) is 37.3 Å². The molecule has 1 N–H and O–H groups in total. The van der Waals surface area contributed by atoms with Crippen molar-refractivity contribution in [3.05, 3.63) is 86.3 Å². The summed E-state index contributed by atoms with van der Waals surface area (Å²) < 4.78 is 19.2. The maximum Gasteiger partial charge on any atom is 0.300 e. The maximum absolute atomic E-state index is 13.9. The van der Waals surface area contributed by atoms with E-state index in [9.17, 15) is 19.1 Å². The molecule has 2 heterocycles. The molecule has 0 radical (unpaired) electrons. The second kappa shape index (κ2) is 8.17. The van der Waals surface area contributed by atoms with E-state index >= 15 is 0 Å². The Labute approximate surface area is 187 Å². The molecule has 5 nitrogen and oxygen atoms in total. The summed E-state index contributed by atoms with van der Waals surface area (Å²) in [7, 11) is 1.37. The first-order chi connectivity index (χ1) is 14.8. The van der Waals surface area contributed by atoms with Crippen molar-refractivity contribution in [3.63, 3.8) is 0 Å². The van der Waals surface area contributed by atoms with Crippen LogP contribution in [0.15, 0.2) is 59.5 Å². The van der Waals surface area contributed by atoms with Gasteiger partial charge in [0.15, 0.2) is 0 Å². The normalized spacial score (nSPS) is 17.9. The zero-order valence-electron chi connectivity index (χ0n) is 16.6. The summed E-state index contributed by atoms with van der Waals surface area (Å²) in [6.07, 6.45) is 0. The van der Waals surface area contributed by atoms with Crippen molar-refractivity contribution in [2.24, 2.45) is 0 Å². The zero-order chi connectivity index (χ0) is 22.3. The van der Waals surface area contributed by atoms with Crippen LogP contribution in [-0.2, 0) is 9.59 Å². The predicted molar refractivity (Wildman–Crippen MR) is 118 cm³/mol. The van der Waals surface area contributed by atoms with Gasteiger partial charge in [-0.25, -0.2) is 4.39 Å². The van der Waals surface area contributed by atoms with Crippen molar-refractivity contribution < 1.29 is 23.8 Å². The minimum Gasteiger partial charge on any atom is -0.507 e. The van der Waals surface area contributed by atoms with Crippen molar-refractivity contribution in [3.8, 4) is 5.75 Å². The molecule has 1 unspecified atom stereocenters. The number of halogens is 2. The van der Waals surface area contributed by atoms with E-state index in [0.717, 1.165) is 6.07 Å². The first-order valence-corrected chi connectivity index (χ1v) is 10.5. The van der Waals surface area contributed by atoms with Crippen LogP contribution in [0.2, 0.25) is 5.02 Å². The Bertz CT molecular complexity index is 1220. The van der Waals surface area contributed by atoms with Crippen LogP contribution in [-0.4, -0.2) is 23.9 Å². The van der Waals surface area contributed by atoms with E-state index in [1.807, 2.05) is 5.38 Å². The Balaban J connectivity index is 1.99. The summed E-state index contributed by atoms with van der Waals surface area (Å²) in [6.45, 7) is 1.75. The lowest BCUT2D eigenvalue weighted by atomic mass is 9.99. The minimum absolute atomic E-state index is 0.00938. The Hall–Kier alpha value is -3.16. The summed E-state index contributed by atoms with van der Waals surface area (Å²) in [6, 6.07) is 11.3. The molecule has 1 fully saturated rings. The Morgan fingerprint density at radius 3 is 2.65 bits per heavy atom. The SMILES string of the molecule is COc1ccc(F)cc1/C(O)=C1/C(=O)C(=O)N(c2cccc(Cl)c2C)C1c1cccs1. The van der Waals surface area contributed by atoms with Gasteiger partial charge in [0.2, 0.25) is 0 Å². The van der Waals surface area contributed by atoms with Crippen LogP contribution in [0.25, 0.3) is 5.76 Å². The zero-order valence-corrected chi connectivity index (χ0v) is 18.1. The van der Waals surface area contributed by atoms with Gasteiger partial charge in [-0.05, 0) is 54.3 Å². The number of thiophene rings is 1. The van der Waals surface area contributed by atoms with Gasteiger partial charge in [0, 0.05) is 15.6 Å². The molecule has 1 aromatic heterocycles. The average Bonchev–Trinajstić information content (AvgIpc) is 3.37. The molecule has 1 aliphatic heterocycles. The lowest BCUT2D eigenvalue weighted by Gasteiger charge is -2.26. The molecule has 0 saturated carbocycles. The number of amides is 1. The van der Waals surface area contributed by atoms with Crippen molar-refractivity contribution in [1.29, 1.82) is 0 Å². The van der Waals surface area contributed by atoms with E-state index in [1.165, 1.54) is 35.5 Å². The lowest BCUT2D eigenvalue weighted by Crippen LogP contribution is -2.29. The molecule has 2 aromatic carbocycles. The lowest BCUT2D eigenvalue weighted by molar-refractivity contribution is -0.132. The van der Waals surface area contributed by atoms with Crippen molar-refractivity contribution in [1.82, 2.24) is 0 Å². The number of benzene rings is 2. The molecule has 1 aliphatic rings. The fourth-order valence-corrected chi connectivity index (χ4v) is 4.66. The molecule has 31 heavy (non-hydrogen) atoms. The van der Waals surface area contributed by atoms with Crippen LogP contribution < -0.4 is 9.64 Å². The number of carbonyl (C=O) groups excluding carboxylic acids is 2. The minimum atomic E-state index is -0.898. The monoisotopic (exact) mass is 457 g/mol. The molecule has 1 atom stereocenters. The number of carbonyl (C=O) groups is 2. The number of methoxy groups -OCH3 is 1. The topological polar surface area (TPSA) is 66.8 Å². The van der Waals surface area contributed by atoms with Crippen LogP contribution in [0.4, 0.5) is 10.1 Å². The number of Topliss-reactive ketones (excluding diaryl/α,β-unsaturated/α-hetero) is 1. The van der Waals surface area contributed by atoms with Gasteiger partial charge in [-0.15, -0.1) is 11.3 Å². The van der Waals surface area contributed by atoms with Crippen LogP contribution in [0.5, 0.6) is 5.75 Å². The standard InChI is InChI=1S/C23H17ClFNO4S/c1-12-15(24)5-3-6-16(12)26-20(18-7-4-10-31-18)19(22(28)23(26)29)21(27)14-11-13(25)8-9-17(14)30-2/h3-11,20,27H,1-2H3/b21-19-. The molecule has 3 aromatic rings. The molecule has 0 aliphatic carbocycles. The first-order valence-electron chi connectivity index (χ1n) is 9.28. The molecular formula is C23H17ClFNO4S. The molecule has 158 valence electrons. The van der Waals surface area contributed by atoms with E-state index in [4.69, 9.17) is 16.3 Å². The molecule has 8 heteroatoms. The Morgan fingerprint density at radius 2 is 1.97 bits per heavy atom. The second-order valence-corrected chi connectivity index (χ2v) is 8.30. The largest absolute Gasteiger partial charge is 0.507 e. The van der Waals surface area contributed by atoms with Crippen molar-refractivity contribution in [2.75, 3.05) is 12.0 Å². The molecule has 4 rings (SSSR count). The summed E-state index contributed by atoms with van der Waals surface area (Å²) >= 11 is 7.59. The second-order valence-electron chi connectivity index (χ2n) is 6.91. The van der Waals surface area contributed by atoms with Crippen molar-refractivity contribution >= 4 is 46.1 Å². The molecule has 1 amide bonds. The fraction of sp³-hybridized carbons (Fsp3) is 0.130. The van der Waals surface area contributed by atoms with Gasteiger partial charge in [-0.1, -0.05) is 23.7 Å². The van der Waals surface area contributed by atoms with E-state index < -0.39 is 29.3 Å². The number of hydrogen-bond acceptors (Lipinski definition) is 5. The van der Waals surface area contributed by atoms with Gasteiger partial charge in [0.1, 0.15) is 23.4 Å². The number of aliphatic hydroxyl groups excluding tert-OH is 1. The smallest absolute Gasteiger partial charge is 0.300 e. The molecular weight excluding hydrogens is 441 g/mol. The number of rotatable bonds is 4. The highest BCUT2D eigenvalue weighted by Gasteiger charge is 2.48. The summed E-state index contributed by atoms with van der Waals surface area (Å²) in [5.74, 6) is -2.62. The number of aliphatic hydroxyl groups is 1. The molecule has 1 saturated heterocycles. The fourth-order valence-electron chi connectivity index (χ4n) is 3.66. The van der Waals surface area contributed by atoms with Crippen LogP contribution in [0, 0.1) is 12.7 Å². The quantitative estimate of drug-likeness (QED) is 0.320. The van der Waals surface area contributed by atoms with E-state index in [-0.39, 0.29) is 16.9 Å². The highest BCUT2D eigenvalue weighted by atomic mass is 35.5. The van der Waals surface area contributed by atoms with Crippen LogP contribution in [0.3, 0.4) is 0 Å². The number of ether oxygens (including phenoxy) is 1. The number of anilines is 1. The van der Waals surface area contributed by atoms with E-state index in [2.05, 4.69) is 0 Å². The third kappa shape index (κ3) is 3.49. The van der Waals surface area contributed by atoms with Gasteiger partial charge in [-0.3, -0.25) is 14.5 Å². The summed E-state index contributed by atoms with van der Waals surface area (Å²) in [5, 5.41) is 13.4. The number of hydrogen-bond donors (Lipinski definition) is 1. The molecule has 0 bridgehead atoms.